The normalized spacial score (nSPS) is 11.2. The maximum Gasteiger partial charge on any atom is 0.152 e. The number of hydrogen-bond acceptors (Lipinski definition) is 4. The third-order valence-electron chi connectivity index (χ3n) is 3.12. The molecule has 0 heterocycles. The quantitative estimate of drug-likeness (QED) is 0.496. The maximum absolute atomic E-state index is 9.26. The molecule has 6 N–H and O–H groups in total. The molecular formula is C15H18N2O2. The lowest BCUT2D eigenvalue weighted by molar-refractivity contribution is -0.0476. The van der Waals surface area contributed by atoms with Crippen LogP contribution < -0.4 is 11.5 Å². The molecule has 0 aromatic heterocycles. The summed E-state index contributed by atoms with van der Waals surface area (Å²) in [6, 6.07) is 14.8. The van der Waals surface area contributed by atoms with Crippen molar-refractivity contribution in [2.75, 3.05) is 11.5 Å². The highest BCUT2D eigenvalue weighted by molar-refractivity contribution is 5.45. The van der Waals surface area contributed by atoms with Gasteiger partial charge in [0, 0.05) is 23.7 Å². The standard InChI is InChI=1S/C15H18N2O2/c16-12-5-1-10(2-6-12)14(9-15(18)19)11-3-7-13(17)8-4-11/h1-8,14-15,18-19H,9,16-17H2. The summed E-state index contributed by atoms with van der Waals surface area (Å²) in [5.74, 6) is -0.0961. The second-order valence-electron chi connectivity index (χ2n) is 4.60. The van der Waals surface area contributed by atoms with Crippen molar-refractivity contribution in [2.24, 2.45) is 0 Å². The van der Waals surface area contributed by atoms with Crippen LogP contribution in [0, 0.1) is 0 Å². The first-order chi connectivity index (χ1) is 9.06. The van der Waals surface area contributed by atoms with Gasteiger partial charge >= 0.3 is 0 Å². The Hall–Kier alpha value is -2.04. The van der Waals surface area contributed by atoms with E-state index in [4.69, 9.17) is 11.5 Å². The van der Waals surface area contributed by atoms with Crippen molar-refractivity contribution in [3.63, 3.8) is 0 Å². The van der Waals surface area contributed by atoms with E-state index in [0.717, 1.165) is 11.1 Å². The van der Waals surface area contributed by atoms with E-state index in [-0.39, 0.29) is 12.3 Å². The van der Waals surface area contributed by atoms with E-state index in [1.54, 1.807) is 0 Å². The Morgan fingerprint density at radius 2 is 1.11 bits per heavy atom. The molecule has 0 unspecified atom stereocenters. The van der Waals surface area contributed by atoms with Crippen molar-refractivity contribution >= 4 is 11.4 Å². The summed E-state index contributed by atoms with van der Waals surface area (Å²) in [7, 11) is 0. The van der Waals surface area contributed by atoms with E-state index < -0.39 is 6.29 Å². The van der Waals surface area contributed by atoms with Crippen molar-refractivity contribution in [3.8, 4) is 0 Å². The van der Waals surface area contributed by atoms with Gasteiger partial charge in [-0.3, -0.25) is 0 Å². The molecule has 19 heavy (non-hydrogen) atoms. The zero-order valence-corrected chi connectivity index (χ0v) is 10.5. The van der Waals surface area contributed by atoms with Crippen LogP contribution in [-0.4, -0.2) is 16.5 Å². The van der Waals surface area contributed by atoms with E-state index in [1.165, 1.54) is 0 Å². The van der Waals surface area contributed by atoms with Crippen molar-refractivity contribution in [2.45, 2.75) is 18.6 Å². The van der Waals surface area contributed by atoms with Crippen LogP contribution in [0.2, 0.25) is 0 Å². The molecule has 0 fully saturated rings. The fourth-order valence-electron chi connectivity index (χ4n) is 2.13. The number of benzene rings is 2. The lowest BCUT2D eigenvalue weighted by Gasteiger charge is -2.19. The van der Waals surface area contributed by atoms with E-state index in [9.17, 15) is 10.2 Å². The minimum Gasteiger partial charge on any atom is -0.399 e. The first-order valence-corrected chi connectivity index (χ1v) is 6.13. The van der Waals surface area contributed by atoms with Crippen molar-refractivity contribution < 1.29 is 10.2 Å². The monoisotopic (exact) mass is 258 g/mol. The van der Waals surface area contributed by atoms with Gasteiger partial charge in [-0.15, -0.1) is 0 Å². The molecule has 0 bridgehead atoms. The first kappa shape index (κ1) is 13.4. The van der Waals surface area contributed by atoms with E-state index in [0.29, 0.717) is 11.4 Å². The number of rotatable bonds is 4. The van der Waals surface area contributed by atoms with Gasteiger partial charge in [0.2, 0.25) is 0 Å². The van der Waals surface area contributed by atoms with Gasteiger partial charge in [0.05, 0.1) is 0 Å². The SMILES string of the molecule is Nc1ccc(C(CC(O)O)c2ccc(N)cc2)cc1. The van der Waals surface area contributed by atoms with Gasteiger partial charge < -0.3 is 21.7 Å². The second kappa shape index (κ2) is 5.73. The summed E-state index contributed by atoms with van der Waals surface area (Å²) in [6.07, 6.45) is -1.13. The van der Waals surface area contributed by atoms with Crippen LogP contribution in [0.25, 0.3) is 0 Å². The molecule has 0 amide bonds. The van der Waals surface area contributed by atoms with Crippen LogP contribution in [-0.2, 0) is 0 Å². The average Bonchev–Trinajstić information content (AvgIpc) is 2.38. The summed E-state index contributed by atoms with van der Waals surface area (Å²) in [5, 5.41) is 18.5. The van der Waals surface area contributed by atoms with Crippen molar-refractivity contribution in [1.29, 1.82) is 0 Å². The summed E-state index contributed by atoms with van der Waals surface area (Å²) < 4.78 is 0. The Kier molecular flexibility index (Phi) is 4.04. The Balaban J connectivity index is 2.35. The molecule has 0 aliphatic carbocycles. The Morgan fingerprint density at radius 1 is 0.737 bits per heavy atom. The molecule has 0 saturated carbocycles. The number of nitrogens with two attached hydrogens (primary N) is 2. The Bertz CT molecular complexity index is 475. The number of aliphatic hydroxyl groups is 2. The Morgan fingerprint density at radius 3 is 1.42 bits per heavy atom. The zero-order valence-electron chi connectivity index (χ0n) is 10.5. The van der Waals surface area contributed by atoms with Gasteiger partial charge in [-0.1, -0.05) is 24.3 Å². The first-order valence-electron chi connectivity index (χ1n) is 6.13. The second-order valence-corrected chi connectivity index (χ2v) is 4.60. The van der Waals surface area contributed by atoms with Crippen LogP contribution in [0.3, 0.4) is 0 Å². The summed E-state index contributed by atoms with van der Waals surface area (Å²) in [6.45, 7) is 0. The minimum absolute atomic E-state index is 0.0961. The lowest BCUT2D eigenvalue weighted by atomic mass is 9.88. The van der Waals surface area contributed by atoms with Gasteiger partial charge in [-0.25, -0.2) is 0 Å². The number of hydrogen-bond donors (Lipinski definition) is 4. The van der Waals surface area contributed by atoms with Crippen LogP contribution in [0.1, 0.15) is 23.5 Å². The van der Waals surface area contributed by atoms with Crippen LogP contribution >= 0.6 is 0 Å². The van der Waals surface area contributed by atoms with E-state index in [1.807, 2.05) is 48.5 Å². The molecule has 2 aromatic carbocycles. The molecule has 0 aliphatic heterocycles. The molecule has 0 spiro atoms. The van der Waals surface area contributed by atoms with Gasteiger partial charge in [0.1, 0.15) is 0 Å². The highest BCUT2D eigenvalue weighted by Gasteiger charge is 2.17. The molecule has 0 atom stereocenters. The predicted molar refractivity (Wildman–Crippen MR) is 76.4 cm³/mol. The molecule has 2 rings (SSSR count). The summed E-state index contributed by atoms with van der Waals surface area (Å²) in [4.78, 5) is 0. The van der Waals surface area contributed by atoms with Gasteiger partial charge in [-0.2, -0.15) is 0 Å². The molecule has 2 aromatic rings. The van der Waals surface area contributed by atoms with Crippen molar-refractivity contribution in [3.05, 3.63) is 59.7 Å². The molecule has 0 radical (unpaired) electrons. The predicted octanol–water partition coefficient (Wildman–Crippen LogP) is 1.68. The summed E-state index contributed by atoms with van der Waals surface area (Å²) >= 11 is 0. The third kappa shape index (κ3) is 3.47. The van der Waals surface area contributed by atoms with Gasteiger partial charge in [0.15, 0.2) is 6.29 Å². The molecule has 4 heteroatoms. The zero-order chi connectivity index (χ0) is 13.8. The van der Waals surface area contributed by atoms with Gasteiger partial charge in [-0.05, 0) is 35.4 Å². The van der Waals surface area contributed by atoms with Gasteiger partial charge in [0.25, 0.3) is 0 Å². The smallest absolute Gasteiger partial charge is 0.152 e. The summed E-state index contributed by atoms with van der Waals surface area (Å²) in [5.41, 5.74) is 14.7. The van der Waals surface area contributed by atoms with E-state index in [2.05, 4.69) is 0 Å². The lowest BCUT2D eigenvalue weighted by Crippen LogP contribution is -2.12. The van der Waals surface area contributed by atoms with Crippen LogP contribution in [0.5, 0.6) is 0 Å². The molecule has 100 valence electrons. The van der Waals surface area contributed by atoms with Crippen molar-refractivity contribution in [1.82, 2.24) is 0 Å². The third-order valence-corrected chi connectivity index (χ3v) is 3.12. The topological polar surface area (TPSA) is 92.5 Å². The number of nitrogen functional groups attached to an aromatic ring is 2. The van der Waals surface area contributed by atoms with Crippen LogP contribution in [0.4, 0.5) is 11.4 Å². The average molecular weight is 258 g/mol. The Labute approximate surface area is 112 Å². The van der Waals surface area contributed by atoms with E-state index >= 15 is 0 Å². The number of aliphatic hydroxyl groups excluding tert-OH is 1. The fraction of sp³-hybridized carbons (Fsp3) is 0.200. The minimum atomic E-state index is -1.36. The fourth-order valence-corrected chi connectivity index (χ4v) is 2.13. The molecule has 0 aliphatic rings. The molecule has 4 nitrogen and oxygen atoms in total. The highest BCUT2D eigenvalue weighted by atomic mass is 16.5. The molecule has 0 saturated heterocycles. The highest BCUT2D eigenvalue weighted by Crippen LogP contribution is 2.30. The maximum atomic E-state index is 9.26. The van der Waals surface area contributed by atoms with Crippen LogP contribution in [0.15, 0.2) is 48.5 Å². The molecular weight excluding hydrogens is 240 g/mol. The largest absolute Gasteiger partial charge is 0.399 e. The number of anilines is 2.